The molecule has 19 heavy (non-hydrogen) atoms. The molecule has 5 heteroatoms. The van der Waals surface area contributed by atoms with Crippen LogP contribution in [0.3, 0.4) is 0 Å². The number of anilines is 1. The standard InChI is InChI=1S/C14H22N2O3/c1-11(2)19-9-8-15-10-14(17)16-12-6-4-5-7-13(12)18-3/h4-7,11,15H,8-10H2,1-3H3,(H,16,17). The van der Waals surface area contributed by atoms with E-state index in [1.54, 1.807) is 19.2 Å². The Morgan fingerprint density at radius 2 is 2.05 bits per heavy atom. The van der Waals surface area contributed by atoms with Crippen molar-refractivity contribution in [1.82, 2.24) is 5.32 Å². The molecular formula is C14H22N2O3. The first-order chi connectivity index (χ1) is 9.13. The number of amides is 1. The van der Waals surface area contributed by atoms with Crippen LogP contribution in [0.15, 0.2) is 24.3 Å². The maximum atomic E-state index is 11.7. The summed E-state index contributed by atoms with van der Waals surface area (Å²) in [7, 11) is 1.58. The summed E-state index contributed by atoms with van der Waals surface area (Å²) >= 11 is 0. The summed E-state index contributed by atoms with van der Waals surface area (Å²) < 4.78 is 10.5. The fourth-order valence-corrected chi connectivity index (χ4v) is 1.51. The Morgan fingerprint density at radius 1 is 1.32 bits per heavy atom. The van der Waals surface area contributed by atoms with Gasteiger partial charge in [0, 0.05) is 6.54 Å². The van der Waals surface area contributed by atoms with Gasteiger partial charge in [0.2, 0.25) is 5.91 Å². The predicted octanol–water partition coefficient (Wildman–Crippen LogP) is 1.65. The highest BCUT2D eigenvalue weighted by Gasteiger charge is 2.06. The zero-order chi connectivity index (χ0) is 14.1. The fraction of sp³-hybridized carbons (Fsp3) is 0.500. The molecule has 0 radical (unpaired) electrons. The lowest BCUT2D eigenvalue weighted by atomic mass is 10.3. The van der Waals surface area contributed by atoms with E-state index in [-0.39, 0.29) is 18.6 Å². The van der Waals surface area contributed by atoms with Crippen molar-refractivity contribution in [3.05, 3.63) is 24.3 Å². The van der Waals surface area contributed by atoms with Gasteiger partial charge >= 0.3 is 0 Å². The van der Waals surface area contributed by atoms with Crippen LogP contribution in [-0.4, -0.2) is 38.8 Å². The van der Waals surface area contributed by atoms with Gasteiger partial charge in [0.15, 0.2) is 0 Å². The Balaban J connectivity index is 2.27. The maximum Gasteiger partial charge on any atom is 0.238 e. The van der Waals surface area contributed by atoms with E-state index in [9.17, 15) is 4.79 Å². The van der Waals surface area contributed by atoms with Gasteiger partial charge in [0.05, 0.1) is 32.1 Å². The van der Waals surface area contributed by atoms with Gasteiger partial charge in [0.1, 0.15) is 5.75 Å². The monoisotopic (exact) mass is 266 g/mol. The SMILES string of the molecule is COc1ccccc1NC(=O)CNCCOC(C)C. The van der Waals surface area contributed by atoms with E-state index in [4.69, 9.17) is 9.47 Å². The normalized spacial score (nSPS) is 10.5. The van der Waals surface area contributed by atoms with Crippen LogP contribution in [0.2, 0.25) is 0 Å². The van der Waals surface area contributed by atoms with Crippen molar-refractivity contribution in [3.8, 4) is 5.75 Å². The van der Waals surface area contributed by atoms with E-state index < -0.39 is 0 Å². The Labute approximate surface area is 114 Å². The van der Waals surface area contributed by atoms with Crippen LogP contribution in [0.4, 0.5) is 5.69 Å². The summed E-state index contributed by atoms with van der Waals surface area (Å²) in [5, 5.41) is 5.81. The summed E-state index contributed by atoms with van der Waals surface area (Å²) in [6.45, 7) is 5.46. The van der Waals surface area contributed by atoms with Gasteiger partial charge in [-0.3, -0.25) is 4.79 Å². The number of ether oxygens (including phenoxy) is 2. The minimum absolute atomic E-state index is 0.103. The smallest absolute Gasteiger partial charge is 0.238 e. The van der Waals surface area contributed by atoms with Crippen LogP contribution >= 0.6 is 0 Å². The molecule has 0 aliphatic carbocycles. The van der Waals surface area contributed by atoms with Gasteiger partial charge in [-0.25, -0.2) is 0 Å². The van der Waals surface area contributed by atoms with Crippen LogP contribution in [-0.2, 0) is 9.53 Å². The highest BCUT2D eigenvalue weighted by Crippen LogP contribution is 2.22. The summed E-state index contributed by atoms with van der Waals surface area (Å²) in [5.74, 6) is 0.549. The zero-order valence-electron chi connectivity index (χ0n) is 11.7. The molecule has 0 atom stereocenters. The number of para-hydroxylation sites is 2. The Kier molecular flexibility index (Phi) is 6.92. The molecule has 0 aliphatic heterocycles. The van der Waals surface area contributed by atoms with E-state index in [1.165, 1.54) is 0 Å². The summed E-state index contributed by atoms with van der Waals surface area (Å²) in [6.07, 6.45) is 0.212. The molecule has 0 aliphatic rings. The fourth-order valence-electron chi connectivity index (χ4n) is 1.51. The molecule has 0 saturated carbocycles. The van der Waals surface area contributed by atoms with E-state index >= 15 is 0 Å². The number of hydrogen-bond acceptors (Lipinski definition) is 4. The Hall–Kier alpha value is -1.59. The van der Waals surface area contributed by atoms with Crippen LogP contribution in [0.25, 0.3) is 0 Å². The van der Waals surface area contributed by atoms with Gasteiger partial charge in [-0.1, -0.05) is 12.1 Å². The molecule has 0 aromatic heterocycles. The quantitative estimate of drug-likeness (QED) is 0.702. The highest BCUT2D eigenvalue weighted by atomic mass is 16.5. The number of rotatable bonds is 8. The molecule has 0 fully saturated rings. The molecule has 2 N–H and O–H groups in total. The van der Waals surface area contributed by atoms with Crippen molar-refractivity contribution in [1.29, 1.82) is 0 Å². The molecule has 1 aromatic carbocycles. The molecule has 106 valence electrons. The minimum atomic E-state index is -0.103. The van der Waals surface area contributed by atoms with Gasteiger partial charge in [-0.05, 0) is 26.0 Å². The minimum Gasteiger partial charge on any atom is -0.495 e. The van der Waals surface area contributed by atoms with Crippen LogP contribution in [0.1, 0.15) is 13.8 Å². The van der Waals surface area contributed by atoms with Crippen molar-refractivity contribution in [2.24, 2.45) is 0 Å². The summed E-state index contributed by atoms with van der Waals surface area (Å²) in [4.78, 5) is 11.7. The second-order valence-corrected chi connectivity index (χ2v) is 4.34. The summed E-state index contributed by atoms with van der Waals surface area (Å²) in [5.41, 5.74) is 0.676. The number of carbonyl (C=O) groups excluding carboxylic acids is 1. The largest absolute Gasteiger partial charge is 0.495 e. The third-order valence-corrected chi connectivity index (χ3v) is 2.40. The zero-order valence-corrected chi connectivity index (χ0v) is 11.7. The molecule has 5 nitrogen and oxygen atoms in total. The van der Waals surface area contributed by atoms with Crippen molar-refractivity contribution in [2.45, 2.75) is 20.0 Å². The van der Waals surface area contributed by atoms with Crippen molar-refractivity contribution in [3.63, 3.8) is 0 Å². The molecule has 0 heterocycles. The molecule has 0 unspecified atom stereocenters. The van der Waals surface area contributed by atoms with E-state index in [0.717, 1.165) is 0 Å². The number of nitrogens with one attached hydrogen (secondary N) is 2. The second kappa shape index (κ2) is 8.50. The average Bonchev–Trinajstić information content (AvgIpc) is 2.38. The van der Waals surface area contributed by atoms with Crippen LogP contribution in [0, 0.1) is 0 Å². The molecular weight excluding hydrogens is 244 g/mol. The third-order valence-electron chi connectivity index (χ3n) is 2.40. The first-order valence-electron chi connectivity index (χ1n) is 6.38. The number of benzene rings is 1. The van der Waals surface area contributed by atoms with E-state index in [2.05, 4.69) is 10.6 Å². The predicted molar refractivity (Wildman–Crippen MR) is 75.6 cm³/mol. The van der Waals surface area contributed by atoms with Crippen molar-refractivity contribution in [2.75, 3.05) is 32.1 Å². The Bertz CT molecular complexity index is 394. The van der Waals surface area contributed by atoms with Crippen LogP contribution in [0.5, 0.6) is 5.75 Å². The highest BCUT2D eigenvalue weighted by molar-refractivity contribution is 5.93. The first kappa shape index (κ1) is 15.5. The lowest BCUT2D eigenvalue weighted by Crippen LogP contribution is -2.31. The van der Waals surface area contributed by atoms with Gasteiger partial charge in [0.25, 0.3) is 0 Å². The molecule has 0 spiro atoms. The number of carbonyl (C=O) groups is 1. The van der Waals surface area contributed by atoms with E-state index in [1.807, 2.05) is 26.0 Å². The van der Waals surface area contributed by atoms with E-state index in [0.29, 0.717) is 24.6 Å². The lowest BCUT2D eigenvalue weighted by Gasteiger charge is -2.11. The molecule has 1 rings (SSSR count). The van der Waals surface area contributed by atoms with Crippen LogP contribution < -0.4 is 15.4 Å². The van der Waals surface area contributed by atoms with Gasteiger partial charge < -0.3 is 20.1 Å². The maximum absolute atomic E-state index is 11.7. The topological polar surface area (TPSA) is 59.6 Å². The second-order valence-electron chi connectivity index (χ2n) is 4.34. The number of hydrogen-bond donors (Lipinski definition) is 2. The van der Waals surface area contributed by atoms with Crippen molar-refractivity contribution < 1.29 is 14.3 Å². The van der Waals surface area contributed by atoms with Gasteiger partial charge in [-0.2, -0.15) is 0 Å². The third kappa shape index (κ3) is 6.22. The Morgan fingerprint density at radius 3 is 2.74 bits per heavy atom. The molecule has 1 aromatic rings. The van der Waals surface area contributed by atoms with Gasteiger partial charge in [-0.15, -0.1) is 0 Å². The molecule has 0 bridgehead atoms. The molecule has 0 saturated heterocycles. The lowest BCUT2D eigenvalue weighted by molar-refractivity contribution is -0.115. The van der Waals surface area contributed by atoms with Crippen molar-refractivity contribution >= 4 is 11.6 Å². The molecule has 1 amide bonds. The first-order valence-corrected chi connectivity index (χ1v) is 6.38. The summed E-state index contributed by atoms with van der Waals surface area (Å²) in [6, 6.07) is 7.32. The number of methoxy groups -OCH3 is 1. The average molecular weight is 266 g/mol.